The van der Waals surface area contributed by atoms with Crippen LogP contribution in [-0.2, 0) is 0 Å². The van der Waals surface area contributed by atoms with Gasteiger partial charge in [0, 0.05) is 5.56 Å². The molecule has 0 bridgehead atoms. The monoisotopic (exact) mass is 308 g/mol. The van der Waals surface area contributed by atoms with Crippen LogP contribution in [0.2, 0.25) is 5.02 Å². The summed E-state index contributed by atoms with van der Waals surface area (Å²) < 4.78 is 27.1. The normalized spacial score (nSPS) is 11.0. The van der Waals surface area contributed by atoms with Crippen molar-refractivity contribution in [3.8, 4) is 0 Å². The number of rotatable bonds is 2. The minimum absolute atomic E-state index is 0.123. The molecule has 0 unspecified atom stereocenters. The Bertz CT molecular complexity index is 930. The molecule has 3 aromatic rings. The molecule has 0 aliphatic rings. The van der Waals surface area contributed by atoms with Gasteiger partial charge in [0.15, 0.2) is 5.78 Å². The van der Waals surface area contributed by atoms with E-state index in [0.29, 0.717) is 11.0 Å². The molecule has 4 nitrogen and oxygen atoms in total. The Morgan fingerprint density at radius 3 is 2.48 bits per heavy atom. The number of ketones is 1. The van der Waals surface area contributed by atoms with E-state index in [1.807, 2.05) is 0 Å². The quantitative estimate of drug-likeness (QED) is 0.564. The first kappa shape index (κ1) is 13.5. The molecule has 7 heteroatoms. The van der Waals surface area contributed by atoms with Crippen LogP contribution in [0.5, 0.6) is 0 Å². The molecule has 0 aliphatic heterocycles. The van der Waals surface area contributed by atoms with Crippen molar-refractivity contribution in [1.29, 1.82) is 0 Å². The summed E-state index contributed by atoms with van der Waals surface area (Å²) in [7, 11) is 0. The zero-order valence-corrected chi connectivity index (χ0v) is 11.1. The van der Waals surface area contributed by atoms with Gasteiger partial charge < -0.3 is 9.97 Å². The predicted octanol–water partition coefficient (Wildman–Crippen LogP) is 3.02. The number of benzene rings is 2. The van der Waals surface area contributed by atoms with E-state index in [2.05, 4.69) is 9.97 Å². The lowest BCUT2D eigenvalue weighted by Crippen LogP contribution is -2.05. The van der Waals surface area contributed by atoms with E-state index in [1.165, 1.54) is 18.2 Å². The molecule has 0 atom stereocenters. The van der Waals surface area contributed by atoms with Gasteiger partial charge in [-0.15, -0.1) is 0 Å². The first-order chi connectivity index (χ1) is 9.95. The number of hydrogen-bond acceptors (Lipinski definition) is 2. The molecule has 3 rings (SSSR count). The number of carbonyl (C=O) groups excluding carboxylic acids is 1. The second-order valence-corrected chi connectivity index (χ2v) is 4.82. The van der Waals surface area contributed by atoms with Gasteiger partial charge in [-0.2, -0.15) is 0 Å². The van der Waals surface area contributed by atoms with E-state index in [9.17, 15) is 18.4 Å². The Morgan fingerprint density at radius 1 is 1.00 bits per heavy atom. The van der Waals surface area contributed by atoms with Gasteiger partial charge >= 0.3 is 5.69 Å². The standard InChI is InChI=1S/C14H7ClF2N2O2/c15-8-5-9(16)7(4-10(8)17)13(20)6-1-2-11-12(3-6)19-14(21)18-11/h1-5H,(H2,18,19,21). The maximum absolute atomic E-state index is 13.7. The topological polar surface area (TPSA) is 65.7 Å². The van der Waals surface area contributed by atoms with Gasteiger partial charge in [-0.25, -0.2) is 13.6 Å². The highest BCUT2D eigenvalue weighted by Crippen LogP contribution is 2.22. The molecule has 0 aliphatic carbocycles. The summed E-state index contributed by atoms with van der Waals surface area (Å²) in [5, 5.41) is -0.394. The Labute approximate surface area is 121 Å². The van der Waals surface area contributed by atoms with Crippen LogP contribution in [0.4, 0.5) is 8.78 Å². The van der Waals surface area contributed by atoms with Gasteiger partial charge in [-0.05, 0) is 30.3 Å². The van der Waals surface area contributed by atoms with E-state index < -0.39 is 33.7 Å². The van der Waals surface area contributed by atoms with Crippen LogP contribution in [0.1, 0.15) is 15.9 Å². The SMILES string of the molecule is O=C(c1ccc2[nH]c(=O)[nH]c2c1)c1cc(F)c(Cl)cc1F. The number of halogens is 3. The van der Waals surface area contributed by atoms with Gasteiger partial charge in [-0.1, -0.05) is 11.6 Å². The minimum atomic E-state index is -0.908. The first-order valence-electron chi connectivity index (χ1n) is 5.87. The van der Waals surface area contributed by atoms with Crippen molar-refractivity contribution >= 4 is 28.4 Å². The van der Waals surface area contributed by atoms with Crippen molar-refractivity contribution in [2.75, 3.05) is 0 Å². The summed E-state index contributed by atoms with van der Waals surface area (Å²) in [4.78, 5) is 28.4. The van der Waals surface area contributed by atoms with Crippen molar-refractivity contribution in [1.82, 2.24) is 9.97 Å². The minimum Gasteiger partial charge on any atom is -0.306 e. The van der Waals surface area contributed by atoms with Gasteiger partial charge in [-0.3, -0.25) is 4.79 Å². The number of hydrogen-bond donors (Lipinski definition) is 2. The predicted molar refractivity (Wildman–Crippen MR) is 73.7 cm³/mol. The second kappa shape index (κ2) is 4.82. The Balaban J connectivity index is 2.11. The zero-order valence-electron chi connectivity index (χ0n) is 10.3. The highest BCUT2D eigenvalue weighted by atomic mass is 35.5. The van der Waals surface area contributed by atoms with Crippen LogP contribution in [0.25, 0.3) is 11.0 Å². The van der Waals surface area contributed by atoms with Crippen LogP contribution in [0.15, 0.2) is 35.1 Å². The Morgan fingerprint density at radius 2 is 1.71 bits per heavy atom. The van der Waals surface area contributed by atoms with Crippen molar-refractivity contribution in [2.45, 2.75) is 0 Å². The molecule has 106 valence electrons. The fraction of sp³-hybridized carbons (Fsp3) is 0. The lowest BCUT2D eigenvalue weighted by molar-refractivity contribution is 0.103. The number of aromatic amines is 2. The van der Waals surface area contributed by atoms with E-state index in [0.717, 1.165) is 12.1 Å². The molecule has 1 aromatic heterocycles. The number of fused-ring (bicyclic) bond motifs is 1. The van der Waals surface area contributed by atoms with E-state index in [1.54, 1.807) is 0 Å². The summed E-state index contributed by atoms with van der Waals surface area (Å²) in [6.45, 7) is 0. The second-order valence-electron chi connectivity index (χ2n) is 4.41. The molecule has 0 fully saturated rings. The molecule has 0 spiro atoms. The number of H-pyrrole nitrogens is 2. The molecule has 0 saturated carbocycles. The van der Waals surface area contributed by atoms with Gasteiger partial charge in [0.2, 0.25) is 0 Å². The smallest absolute Gasteiger partial charge is 0.306 e. The molecule has 1 heterocycles. The van der Waals surface area contributed by atoms with Crippen molar-refractivity contribution in [3.63, 3.8) is 0 Å². The molecule has 0 radical (unpaired) electrons. The number of nitrogens with one attached hydrogen (secondary N) is 2. The lowest BCUT2D eigenvalue weighted by Gasteiger charge is -2.04. The van der Waals surface area contributed by atoms with Crippen LogP contribution in [-0.4, -0.2) is 15.8 Å². The van der Waals surface area contributed by atoms with E-state index in [-0.39, 0.29) is 5.56 Å². The molecule has 21 heavy (non-hydrogen) atoms. The number of carbonyl (C=O) groups is 1. The fourth-order valence-corrected chi connectivity index (χ4v) is 2.18. The maximum atomic E-state index is 13.7. The van der Waals surface area contributed by atoms with Gasteiger partial charge in [0.1, 0.15) is 11.6 Å². The largest absolute Gasteiger partial charge is 0.323 e. The van der Waals surface area contributed by atoms with Crippen molar-refractivity contribution < 1.29 is 13.6 Å². The molecule has 0 amide bonds. The highest BCUT2D eigenvalue weighted by molar-refractivity contribution is 6.31. The molecular formula is C14H7ClF2N2O2. The lowest BCUT2D eigenvalue weighted by atomic mass is 10.0. The first-order valence-corrected chi connectivity index (χ1v) is 6.25. The number of imidazole rings is 1. The molecule has 2 aromatic carbocycles. The highest BCUT2D eigenvalue weighted by Gasteiger charge is 2.17. The average Bonchev–Trinajstić information content (AvgIpc) is 2.81. The third kappa shape index (κ3) is 2.34. The number of aromatic nitrogens is 2. The summed E-state index contributed by atoms with van der Waals surface area (Å²) in [6, 6.07) is 5.82. The van der Waals surface area contributed by atoms with E-state index >= 15 is 0 Å². The van der Waals surface area contributed by atoms with Gasteiger partial charge in [0.05, 0.1) is 21.6 Å². The molecule has 2 N–H and O–H groups in total. The summed E-state index contributed by atoms with van der Waals surface area (Å²) >= 11 is 5.45. The van der Waals surface area contributed by atoms with Crippen LogP contribution >= 0.6 is 11.6 Å². The Kier molecular flexibility index (Phi) is 3.10. The summed E-state index contributed by atoms with van der Waals surface area (Å²) in [5.41, 5.74) is 0.200. The third-order valence-corrected chi connectivity index (χ3v) is 3.32. The fourth-order valence-electron chi connectivity index (χ4n) is 2.03. The third-order valence-electron chi connectivity index (χ3n) is 3.03. The van der Waals surface area contributed by atoms with Crippen LogP contribution in [0.3, 0.4) is 0 Å². The molecular weight excluding hydrogens is 302 g/mol. The van der Waals surface area contributed by atoms with Crippen molar-refractivity contribution in [3.05, 3.63) is 68.6 Å². The summed E-state index contributed by atoms with van der Waals surface area (Å²) in [6.07, 6.45) is 0. The van der Waals surface area contributed by atoms with Crippen molar-refractivity contribution in [2.24, 2.45) is 0 Å². The zero-order chi connectivity index (χ0) is 15.1. The van der Waals surface area contributed by atoms with Crippen LogP contribution < -0.4 is 5.69 Å². The average molecular weight is 309 g/mol. The molecule has 0 saturated heterocycles. The summed E-state index contributed by atoms with van der Waals surface area (Å²) in [5.74, 6) is -2.49. The van der Waals surface area contributed by atoms with Gasteiger partial charge in [0.25, 0.3) is 0 Å². The van der Waals surface area contributed by atoms with E-state index in [4.69, 9.17) is 11.6 Å². The maximum Gasteiger partial charge on any atom is 0.323 e. The van der Waals surface area contributed by atoms with Crippen LogP contribution in [0, 0.1) is 11.6 Å². The Hall–Kier alpha value is -2.47.